The summed E-state index contributed by atoms with van der Waals surface area (Å²) in [7, 11) is 0. The van der Waals surface area contributed by atoms with Gasteiger partial charge in [-0.3, -0.25) is 4.79 Å². The minimum Gasteiger partial charge on any atom is -0.371 e. The molecule has 1 aromatic carbocycles. The van der Waals surface area contributed by atoms with Crippen molar-refractivity contribution in [2.45, 2.75) is 12.2 Å². The van der Waals surface area contributed by atoms with Gasteiger partial charge in [0.2, 0.25) is 0 Å². The zero-order valence-corrected chi connectivity index (χ0v) is 17.2. The molecule has 0 aliphatic rings. The first-order chi connectivity index (χ1) is 14.8. The molecule has 0 bridgehead atoms. The predicted molar refractivity (Wildman–Crippen MR) is 114 cm³/mol. The van der Waals surface area contributed by atoms with Gasteiger partial charge >= 0.3 is 6.18 Å². The van der Waals surface area contributed by atoms with Gasteiger partial charge in [-0.05, 0) is 29.1 Å². The van der Waals surface area contributed by atoms with E-state index in [2.05, 4.69) is 15.4 Å². The fraction of sp³-hybridized carbons (Fsp3) is 0.0952. The van der Waals surface area contributed by atoms with Gasteiger partial charge < -0.3 is 5.32 Å². The van der Waals surface area contributed by atoms with Gasteiger partial charge in [0.15, 0.2) is 5.82 Å². The van der Waals surface area contributed by atoms with Crippen molar-refractivity contribution in [1.29, 1.82) is 0 Å². The number of hydrogen-bond acceptors (Lipinski definition) is 5. The molecule has 31 heavy (non-hydrogen) atoms. The number of rotatable bonds is 5. The molecule has 0 spiro atoms. The lowest BCUT2D eigenvalue weighted by Gasteiger charge is -2.20. The van der Waals surface area contributed by atoms with Crippen LogP contribution in [0.15, 0.2) is 77.2 Å². The molecule has 0 aliphatic carbocycles. The lowest BCUT2D eigenvalue weighted by molar-refractivity contribution is -0.137. The summed E-state index contributed by atoms with van der Waals surface area (Å²) in [4.78, 5) is 17.5. The molecule has 10 heteroatoms. The van der Waals surface area contributed by atoms with E-state index in [0.717, 1.165) is 27.3 Å². The summed E-state index contributed by atoms with van der Waals surface area (Å²) in [6, 6.07) is 15.1. The van der Waals surface area contributed by atoms with Gasteiger partial charge in [-0.15, -0.1) is 11.3 Å². The zero-order valence-electron chi connectivity index (χ0n) is 15.7. The third-order valence-corrected chi connectivity index (χ3v) is 5.77. The third-order valence-electron chi connectivity index (χ3n) is 4.47. The average Bonchev–Trinajstić information content (AvgIpc) is 3.29. The first kappa shape index (κ1) is 21.1. The highest BCUT2D eigenvalue weighted by Gasteiger charge is 2.30. The summed E-state index contributed by atoms with van der Waals surface area (Å²) in [5, 5.41) is 9.10. The van der Waals surface area contributed by atoms with Crippen LogP contribution in [0.2, 0.25) is 5.02 Å². The van der Waals surface area contributed by atoms with Gasteiger partial charge in [-0.25, -0.2) is 4.98 Å². The Morgan fingerprint density at radius 1 is 1.03 bits per heavy atom. The highest BCUT2D eigenvalue weighted by molar-refractivity contribution is 7.10. The number of aromatic nitrogens is 3. The molecule has 0 amide bonds. The van der Waals surface area contributed by atoms with Crippen molar-refractivity contribution in [2.24, 2.45) is 0 Å². The fourth-order valence-electron chi connectivity index (χ4n) is 2.95. The Labute approximate surface area is 183 Å². The van der Waals surface area contributed by atoms with Crippen molar-refractivity contribution in [1.82, 2.24) is 14.8 Å². The maximum absolute atomic E-state index is 12.7. The van der Waals surface area contributed by atoms with Crippen molar-refractivity contribution in [3.8, 4) is 5.82 Å². The van der Waals surface area contributed by atoms with E-state index in [-0.39, 0.29) is 16.9 Å². The molecule has 1 atom stereocenters. The smallest absolute Gasteiger partial charge is 0.371 e. The molecule has 5 nitrogen and oxygen atoms in total. The summed E-state index contributed by atoms with van der Waals surface area (Å²) >= 11 is 7.85. The second-order valence-electron chi connectivity index (χ2n) is 6.50. The van der Waals surface area contributed by atoms with E-state index in [1.165, 1.54) is 6.20 Å². The Kier molecular flexibility index (Phi) is 5.79. The van der Waals surface area contributed by atoms with E-state index in [4.69, 9.17) is 11.6 Å². The molecule has 0 unspecified atom stereocenters. The molecule has 1 N–H and O–H groups in total. The van der Waals surface area contributed by atoms with Gasteiger partial charge in [-0.1, -0.05) is 48.0 Å². The Morgan fingerprint density at radius 3 is 2.42 bits per heavy atom. The number of thiophene rings is 1. The van der Waals surface area contributed by atoms with Crippen molar-refractivity contribution in [2.75, 3.05) is 5.32 Å². The molecule has 0 aliphatic heterocycles. The normalized spacial score (nSPS) is 12.5. The molecule has 0 fully saturated rings. The van der Waals surface area contributed by atoms with Crippen LogP contribution in [0.25, 0.3) is 5.82 Å². The summed E-state index contributed by atoms with van der Waals surface area (Å²) < 4.78 is 39.1. The molecule has 3 heterocycles. The first-order valence-electron chi connectivity index (χ1n) is 9.01. The van der Waals surface area contributed by atoms with Gasteiger partial charge in [0.1, 0.15) is 5.02 Å². The van der Waals surface area contributed by atoms with E-state index < -0.39 is 17.3 Å². The Hall–Kier alpha value is -3.17. The largest absolute Gasteiger partial charge is 0.417 e. The Morgan fingerprint density at radius 2 is 1.81 bits per heavy atom. The monoisotopic (exact) mass is 462 g/mol. The number of pyridine rings is 1. The van der Waals surface area contributed by atoms with Crippen LogP contribution in [0.5, 0.6) is 0 Å². The molecule has 0 radical (unpaired) electrons. The molecule has 0 saturated heterocycles. The maximum atomic E-state index is 12.7. The van der Waals surface area contributed by atoms with Crippen molar-refractivity contribution in [3.05, 3.63) is 104 Å². The van der Waals surface area contributed by atoms with Crippen LogP contribution in [0, 0.1) is 0 Å². The van der Waals surface area contributed by atoms with Gasteiger partial charge in [0, 0.05) is 11.1 Å². The van der Waals surface area contributed by atoms with Crippen LogP contribution in [0.1, 0.15) is 22.0 Å². The van der Waals surface area contributed by atoms with Crippen molar-refractivity contribution in [3.63, 3.8) is 0 Å². The first-order valence-corrected chi connectivity index (χ1v) is 10.3. The third kappa shape index (κ3) is 4.47. The van der Waals surface area contributed by atoms with Crippen LogP contribution < -0.4 is 10.9 Å². The number of anilines is 1. The molecule has 4 aromatic rings. The summed E-state index contributed by atoms with van der Waals surface area (Å²) in [5.74, 6) is -0.0654. The lowest BCUT2D eigenvalue weighted by Crippen LogP contribution is -2.24. The zero-order chi connectivity index (χ0) is 22.0. The fourth-order valence-corrected chi connectivity index (χ4v) is 3.94. The van der Waals surface area contributed by atoms with E-state index >= 15 is 0 Å². The van der Waals surface area contributed by atoms with Crippen LogP contribution >= 0.6 is 22.9 Å². The number of alkyl halides is 3. The van der Waals surface area contributed by atoms with Crippen LogP contribution in [0.3, 0.4) is 0 Å². The molecule has 4 rings (SSSR count). The van der Waals surface area contributed by atoms with E-state index in [9.17, 15) is 18.0 Å². The number of nitrogens with zero attached hydrogens (tertiary/aromatic N) is 3. The summed E-state index contributed by atoms with van der Waals surface area (Å²) in [5.41, 5.74) is -0.348. The van der Waals surface area contributed by atoms with Crippen molar-refractivity contribution < 1.29 is 13.2 Å². The highest BCUT2D eigenvalue weighted by atomic mass is 35.5. The topological polar surface area (TPSA) is 59.8 Å². The minimum absolute atomic E-state index is 0.0654. The Bertz CT molecular complexity index is 1230. The summed E-state index contributed by atoms with van der Waals surface area (Å²) in [6.45, 7) is 0. The molecular formula is C21H14ClF3N4OS. The maximum Gasteiger partial charge on any atom is 0.417 e. The molecule has 158 valence electrons. The minimum atomic E-state index is -4.52. The van der Waals surface area contributed by atoms with Crippen LogP contribution in [-0.2, 0) is 6.18 Å². The van der Waals surface area contributed by atoms with E-state index in [0.29, 0.717) is 11.9 Å². The molecule has 0 saturated carbocycles. The number of nitrogens with one attached hydrogen (secondary N) is 1. The van der Waals surface area contributed by atoms with Gasteiger partial charge in [-0.2, -0.15) is 23.0 Å². The Balaban J connectivity index is 1.68. The van der Waals surface area contributed by atoms with E-state index in [1.807, 2.05) is 47.8 Å². The van der Waals surface area contributed by atoms with Crippen LogP contribution in [-0.4, -0.2) is 14.8 Å². The second kappa shape index (κ2) is 8.52. The standard InChI is InChI=1S/C21H14ClF3N4OS/c22-18-15(28-19(16-7-4-10-31-16)13-5-2-1-3-6-13)12-27-29(20(18)30)17-9-8-14(11-26-17)21(23,24)25/h1-12,19,28H/t19-/m1/s1. The highest BCUT2D eigenvalue weighted by Crippen LogP contribution is 2.32. The molecule has 3 aromatic heterocycles. The van der Waals surface area contributed by atoms with E-state index in [1.54, 1.807) is 11.3 Å². The quantitative estimate of drug-likeness (QED) is 0.421. The average molecular weight is 463 g/mol. The van der Waals surface area contributed by atoms with Crippen LogP contribution in [0.4, 0.5) is 18.9 Å². The van der Waals surface area contributed by atoms with Gasteiger partial charge in [0.25, 0.3) is 5.56 Å². The lowest BCUT2D eigenvalue weighted by atomic mass is 10.1. The summed E-state index contributed by atoms with van der Waals surface area (Å²) in [6.07, 6.45) is -2.53. The van der Waals surface area contributed by atoms with Gasteiger partial charge in [0.05, 0.1) is 23.5 Å². The SMILES string of the molecule is O=c1c(Cl)c(N[C@H](c2ccccc2)c2cccs2)cnn1-c1ccc(C(F)(F)F)cn1. The molecular weight excluding hydrogens is 449 g/mol. The second-order valence-corrected chi connectivity index (χ2v) is 7.85. The number of benzene rings is 1. The predicted octanol–water partition coefficient (Wildman–Crippen LogP) is 5.56. The van der Waals surface area contributed by atoms with Crippen molar-refractivity contribution >= 4 is 28.6 Å². The number of hydrogen-bond donors (Lipinski definition) is 1. The number of halogens is 4.